The number of nitrogens with two attached hydrogens (primary N) is 1. The van der Waals surface area contributed by atoms with Crippen molar-refractivity contribution in [3.05, 3.63) is 10.9 Å². The second-order valence-electron chi connectivity index (χ2n) is 4.74. The summed E-state index contributed by atoms with van der Waals surface area (Å²) in [6, 6.07) is 1.88. The number of ketones is 1. The molecule has 0 unspecified atom stereocenters. The molecule has 0 aliphatic heterocycles. The standard InChI is InChI=1S/C12H18N2OS/c1-7(2)11(15)12-9(13)5-10(16-12)14-6-8-3-4-8/h5,7-8,14H,3-4,6,13H2,1-2H3. The van der Waals surface area contributed by atoms with Gasteiger partial charge in [-0.1, -0.05) is 13.8 Å². The molecule has 0 aromatic carbocycles. The summed E-state index contributed by atoms with van der Waals surface area (Å²) in [5, 5.41) is 4.37. The van der Waals surface area contributed by atoms with Crippen molar-refractivity contribution in [3.63, 3.8) is 0 Å². The summed E-state index contributed by atoms with van der Waals surface area (Å²) < 4.78 is 0. The zero-order valence-electron chi connectivity index (χ0n) is 9.75. The van der Waals surface area contributed by atoms with Gasteiger partial charge in [-0.2, -0.15) is 0 Å². The Morgan fingerprint density at radius 1 is 1.62 bits per heavy atom. The highest BCUT2D eigenvalue weighted by molar-refractivity contribution is 7.18. The first-order valence-electron chi connectivity index (χ1n) is 5.75. The van der Waals surface area contributed by atoms with Crippen molar-refractivity contribution in [2.75, 3.05) is 17.6 Å². The molecule has 1 aromatic heterocycles. The van der Waals surface area contributed by atoms with Crippen LogP contribution in [0.5, 0.6) is 0 Å². The van der Waals surface area contributed by atoms with E-state index in [0.717, 1.165) is 17.5 Å². The van der Waals surface area contributed by atoms with Crippen molar-refractivity contribution in [3.8, 4) is 0 Å². The first kappa shape index (κ1) is 11.5. The molecule has 0 radical (unpaired) electrons. The van der Waals surface area contributed by atoms with Gasteiger partial charge in [0.25, 0.3) is 0 Å². The van der Waals surface area contributed by atoms with Gasteiger partial charge in [0.15, 0.2) is 5.78 Å². The van der Waals surface area contributed by atoms with Crippen LogP contribution in [0, 0.1) is 11.8 Å². The van der Waals surface area contributed by atoms with Crippen LogP contribution in [0.4, 0.5) is 10.7 Å². The van der Waals surface area contributed by atoms with Crippen molar-refractivity contribution in [1.29, 1.82) is 0 Å². The van der Waals surface area contributed by atoms with Gasteiger partial charge < -0.3 is 11.1 Å². The summed E-state index contributed by atoms with van der Waals surface area (Å²) in [6.45, 7) is 4.81. The van der Waals surface area contributed by atoms with Crippen LogP contribution in [0.3, 0.4) is 0 Å². The molecule has 2 rings (SSSR count). The molecule has 1 aliphatic rings. The highest BCUT2D eigenvalue weighted by Gasteiger charge is 2.22. The van der Waals surface area contributed by atoms with E-state index in [-0.39, 0.29) is 11.7 Å². The maximum Gasteiger partial charge on any atom is 0.177 e. The van der Waals surface area contributed by atoms with Crippen molar-refractivity contribution in [2.45, 2.75) is 26.7 Å². The number of carbonyl (C=O) groups is 1. The molecule has 4 heteroatoms. The summed E-state index contributed by atoms with van der Waals surface area (Å²) in [7, 11) is 0. The zero-order valence-corrected chi connectivity index (χ0v) is 10.6. The summed E-state index contributed by atoms with van der Waals surface area (Å²) >= 11 is 1.48. The molecule has 0 saturated heterocycles. The number of hydrogen-bond acceptors (Lipinski definition) is 4. The molecule has 0 atom stereocenters. The van der Waals surface area contributed by atoms with Crippen LogP contribution in [-0.4, -0.2) is 12.3 Å². The molecule has 88 valence electrons. The van der Waals surface area contributed by atoms with Crippen LogP contribution in [0.25, 0.3) is 0 Å². The number of hydrogen-bond donors (Lipinski definition) is 2. The van der Waals surface area contributed by atoms with E-state index in [9.17, 15) is 4.79 Å². The number of nitrogens with one attached hydrogen (secondary N) is 1. The molecule has 1 heterocycles. The fourth-order valence-corrected chi connectivity index (χ4v) is 2.59. The highest BCUT2D eigenvalue weighted by Crippen LogP contribution is 2.33. The van der Waals surface area contributed by atoms with Gasteiger partial charge in [0.1, 0.15) is 0 Å². The van der Waals surface area contributed by atoms with E-state index in [4.69, 9.17) is 5.73 Å². The molecule has 3 N–H and O–H groups in total. The Kier molecular flexibility index (Phi) is 3.19. The van der Waals surface area contributed by atoms with Crippen molar-refractivity contribution in [2.24, 2.45) is 11.8 Å². The number of nitrogen functional groups attached to an aromatic ring is 1. The van der Waals surface area contributed by atoms with E-state index >= 15 is 0 Å². The number of anilines is 2. The first-order chi connectivity index (χ1) is 7.58. The van der Waals surface area contributed by atoms with E-state index < -0.39 is 0 Å². The number of Topliss-reactive ketones (excluding diaryl/α,β-unsaturated/α-hetero) is 1. The number of rotatable bonds is 5. The van der Waals surface area contributed by atoms with Gasteiger partial charge in [-0.05, 0) is 24.8 Å². The van der Waals surface area contributed by atoms with Crippen LogP contribution in [0.2, 0.25) is 0 Å². The van der Waals surface area contributed by atoms with Crippen LogP contribution >= 0.6 is 11.3 Å². The van der Waals surface area contributed by atoms with Gasteiger partial charge in [-0.3, -0.25) is 4.79 Å². The second kappa shape index (κ2) is 4.45. The van der Waals surface area contributed by atoms with E-state index in [0.29, 0.717) is 10.6 Å². The summed E-state index contributed by atoms with van der Waals surface area (Å²) in [6.07, 6.45) is 2.65. The molecule has 0 spiro atoms. The van der Waals surface area contributed by atoms with Crippen LogP contribution < -0.4 is 11.1 Å². The topological polar surface area (TPSA) is 55.1 Å². The molecular weight excluding hydrogens is 220 g/mol. The SMILES string of the molecule is CC(C)C(=O)c1sc(NCC2CC2)cc1N. The molecule has 1 aliphatic carbocycles. The van der Waals surface area contributed by atoms with E-state index in [1.165, 1.54) is 24.2 Å². The lowest BCUT2D eigenvalue weighted by atomic mass is 10.1. The van der Waals surface area contributed by atoms with Gasteiger partial charge in [0.2, 0.25) is 0 Å². The quantitative estimate of drug-likeness (QED) is 0.775. The zero-order chi connectivity index (χ0) is 11.7. The average molecular weight is 238 g/mol. The van der Waals surface area contributed by atoms with Gasteiger partial charge in [-0.15, -0.1) is 11.3 Å². The van der Waals surface area contributed by atoms with Gasteiger partial charge in [-0.25, -0.2) is 0 Å². The number of carbonyl (C=O) groups excluding carboxylic acids is 1. The van der Waals surface area contributed by atoms with Crippen molar-refractivity contribution >= 4 is 27.8 Å². The van der Waals surface area contributed by atoms with Gasteiger partial charge in [0.05, 0.1) is 15.6 Å². The molecule has 1 fully saturated rings. The molecule has 0 bridgehead atoms. The summed E-state index contributed by atoms with van der Waals surface area (Å²) in [4.78, 5) is 12.5. The monoisotopic (exact) mass is 238 g/mol. The molecule has 1 aromatic rings. The van der Waals surface area contributed by atoms with Gasteiger partial charge in [0, 0.05) is 12.5 Å². The Bertz CT molecular complexity index is 394. The predicted molar refractivity (Wildman–Crippen MR) is 69.1 cm³/mol. The number of thiophene rings is 1. The fraction of sp³-hybridized carbons (Fsp3) is 0.583. The van der Waals surface area contributed by atoms with Crippen molar-refractivity contribution in [1.82, 2.24) is 0 Å². The maximum absolute atomic E-state index is 11.8. The summed E-state index contributed by atoms with van der Waals surface area (Å²) in [5.74, 6) is 0.978. The second-order valence-corrected chi connectivity index (χ2v) is 5.79. The van der Waals surface area contributed by atoms with Crippen LogP contribution in [-0.2, 0) is 0 Å². The third kappa shape index (κ3) is 2.55. The third-order valence-corrected chi connectivity index (χ3v) is 3.89. The van der Waals surface area contributed by atoms with Crippen molar-refractivity contribution < 1.29 is 4.79 Å². The van der Waals surface area contributed by atoms with E-state index in [2.05, 4.69) is 5.32 Å². The lowest BCUT2D eigenvalue weighted by molar-refractivity contribution is 0.0944. The van der Waals surface area contributed by atoms with Gasteiger partial charge >= 0.3 is 0 Å². The minimum atomic E-state index is 0.0113. The molecule has 0 amide bonds. The van der Waals surface area contributed by atoms with E-state index in [1.54, 1.807) is 0 Å². The largest absolute Gasteiger partial charge is 0.397 e. The van der Waals surface area contributed by atoms with Crippen LogP contribution in [0.1, 0.15) is 36.4 Å². The molecule has 1 saturated carbocycles. The average Bonchev–Trinajstić information content (AvgIpc) is 2.98. The maximum atomic E-state index is 11.8. The minimum Gasteiger partial charge on any atom is -0.397 e. The normalized spacial score (nSPS) is 15.4. The lowest BCUT2D eigenvalue weighted by Gasteiger charge is -2.01. The first-order valence-corrected chi connectivity index (χ1v) is 6.57. The third-order valence-electron chi connectivity index (χ3n) is 2.77. The fourth-order valence-electron chi connectivity index (χ4n) is 1.51. The Morgan fingerprint density at radius 2 is 2.31 bits per heavy atom. The smallest absolute Gasteiger partial charge is 0.177 e. The van der Waals surface area contributed by atoms with E-state index in [1.807, 2.05) is 19.9 Å². The van der Waals surface area contributed by atoms with Crippen LogP contribution in [0.15, 0.2) is 6.07 Å². The Labute approximate surface area is 100 Å². The Balaban J connectivity index is 2.04. The summed E-state index contributed by atoms with van der Waals surface area (Å²) in [5.41, 5.74) is 6.46. The predicted octanol–water partition coefficient (Wildman–Crippen LogP) is 2.99. The highest BCUT2D eigenvalue weighted by atomic mass is 32.1. The lowest BCUT2D eigenvalue weighted by Crippen LogP contribution is -2.07. The molecule has 16 heavy (non-hydrogen) atoms. The molecular formula is C12H18N2OS. The Hall–Kier alpha value is -1.03. The molecule has 3 nitrogen and oxygen atoms in total. The Morgan fingerprint density at radius 3 is 2.88 bits per heavy atom. The minimum absolute atomic E-state index is 0.0113.